The summed E-state index contributed by atoms with van der Waals surface area (Å²) in [7, 11) is 0. The first-order valence-corrected chi connectivity index (χ1v) is 6.63. The fraction of sp³-hybridized carbons (Fsp3) is 0.455. The van der Waals surface area contributed by atoms with Crippen molar-refractivity contribution in [1.29, 1.82) is 0 Å². The van der Waals surface area contributed by atoms with E-state index in [2.05, 4.69) is 31.2 Å². The SMILES string of the molecule is CCSc1ccc(SC(C)CO)cc1. The zero-order valence-corrected chi connectivity index (χ0v) is 10.2. The van der Waals surface area contributed by atoms with E-state index < -0.39 is 0 Å². The topological polar surface area (TPSA) is 20.2 Å². The third kappa shape index (κ3) is 3.95. The molecule has 1 atom stereocenters. The van der Waals surface area contributed by atoms with Crippen molar-refractivity contribution in [2.75, 3.05) is 12.4 Å². The lowest BCUT2D eigenvalue weighted by Gasteiger charge is -2.07. The number of benzene rings is 1. The smallest absolute Gasteiger partial charge is 0.0550 e. The highest BCUT2D eigenvalue weighted by Crippen LogP contribution is 2.25. The minimum Gasteiger partial charge on any atom is -0.395 e. The summed E-state index contributed by atoms with van der Waals surface area (Å²) in [5.41, 5.74) is 0. The van der Waals surface area contributed by atoms with Gasteiger partial charge in [0.15, 0.2) is 0 Å². The number of aliphatic hydroxyl groups excluding tert-OH is 1. The van der Waals surface area contributed by atoms with Crippen molar-refractivity contribution in [2.24, 2.45) is 0 Å². The second-order valence-electron chi connectivity index (χ2n) is 3.02. The summed E-state index contributed by atoms with van der Waals surface area (Å²) in [4.78, 5) is 2.54. The molecule has 0 aromatic heterocycles. The Hall–Kier alpha value is -0.120. The predicted molar refractivity (Wildman–Crippen MR) is 65.2 cm³/mol. The molecule has 1 rings (SSSR count). The highest BCUT2D eigenvalue weighted by Gasteiger charge is 2.02. The average molecular weight is 228 g/mol. The van der Waals surface area contributed by atoms with Gasteiger partial charge in [0, 0.05) is 15.0 Å². The number of hydrogen-bond donors (Lipinski definition) is 1. The quantitative estimate of drug-likeness (QED) is 0.781. The fourth-order valence-corrected chi connectivity index (χ4v) is 2.54. The third-order valence-corrected chi connectivity index (χ3v) is 3.72. The largest absolute Gasteiger partial charge is 0.395 e. The first-order chi connectivity index (χ1) is 6.76. The van der Waals surface area contributed by atoms with E-state index in [9.17, 15) is 0 Å². The zero-order chi connectivity index (χ0) is 10.4. The molecule has 0 amide bonds. The van der Waals surface area contributed by atoms with Gasteiger partial charge in [0.2, 0.25) is 0 Å². The second kappa shape index (κ2) is 6.38. The molecule has 1 nitrogen and oxygen atoms in total. The Labute approximate surface area is 94.3 Å². The van der Waals surface area contributed by atoms with Crippen LogP contribution in [0.15, 0.2) is 34.1 Å². The first-order valence-electron chi connectivity index (χ1n) is 4.76. The Morgan fingerprint density at radius 1 is 1.21 bits per heavy atom. The molecule has 0 aliphatic carbocycles. The standard InChI is InChI=1S/C11H16OS2/c1-3-13-10-4-6-11(7-5-10)14-9(2)8-12/h4-7,9,12H,3,8H2,1-2H3. The lowest BCUT2D eigenvalue weighted by molar-refractivity contribution is 0.300. The number of hydrogen-bond acceptors (Lipinski definition) is 3. The molecule has 1 aromatic carbocycles. The fourth-order valence-electron chi connectivity index (χ4n) is 1.05. The van der Waals surface area contributed by atoms with Crippen LogP contribution in [0.4, 0.5) is 0 Å². The van der Waals surface area contributed by atoms with Crippen molar-refractivity contribution in [3.63, 3.8) is 0 Å². The van der Waals surface area contributed by atoms with Crippen molar-refractivity contribution in [3.05, 3.63) is 24.3 Å². The summed E-state index contributed by atoms with van der Waals surface area (Å²) in [5.74, 6) is 1.11. The van der Waals surface area contributed by atoms with E-state index in [0.717, 1.165) is 5.75 Å². The van der Waals surface area contributed by atoms with Crippen molar-refractivity contribution < 1.29 is 5.11 Å². The van der Waals surface area contributed by atoms with Crippen molar-refractivity contribution in [2.45, 2.75) is 28.9 Å². The molecule has 78 valence electrons. The van der Waals surface area contributed by atoms with E-state index in [1.165, 1.54) is 9.79 Å². The van der Waals surface area contributed by atoms with Crippen LogP contribution in [0.25, 0.3) is 0 Å². The molecule has 0 aliphatic heterocycles. The molecule has 0 saturated carbocycles. The van der Waals surface area contributed by atoms with E-state index in [0.29, 0.717) is 0 Å². The van der Waals surface area contributed by atoms with Crippen LogP contribution >= 0.6 is 23.5 Å². The molecule has 0 saturated heterocycles. The second-order valence-corrected chi connectivity index (χ2v) is 5.86. The van der Waals surface area contributed by atoms with Crippen molar-refractivity contribution in [1.82, 2.24) is 0 Å². The molecule has 0 bridgehead atoms. The molecule has 0 radical (unpaired) electrons. The molecule has 1 N–H and O–H groups in total. The minimum atomic E-state index is 0.232. The minimum absolute atomic E-state index is 0.232. The van der Waals surface area contributed by atoms with Gasteiger partial charge in [-0.25, -0.2) is 0 Å². The van der Waals surface area contributed by atoms with Crippen molar-refractivity contribution >= 4 is 23.5 Å². The van der Waals surface area contributed by atoms with E-state index in [1.54, 1.807) is 11.8 Å². The third-order valence-electron chi connectivity index (χ3n) is 1.73. The Morgan fingerprint density at radius 3 is 2.29 bits per heavy atom. The molecule has 0 heterocycles. The summed E-state index contributed by atoms with van der Waals surface area (Å²) in [5, 5.41) is 9.19. The van der Waals surface area contributed by atoms with Gasteiger partial charge in [-0.2, -0.15) is 0 Å². The highest BCUT2D eigenvalue weighted by atomic mass is 32.2. The van der Waals surface area contributed by atoms with E-state index in [1.807, 2.05) is 18.7 Å². The molecular formula is C11H16OS2. The maximum atomic E-state index is 8.91. The lowest BCUT2D eigenvalue weighted by atomic mass is 10.4. The van der Waals surface area contributed by atoms with Crippen LogP contribution in [0, 0.1) is 0 Å². The van der Waals surface area contributed by atoms with Crippen LogP contribution in [0.3, 0.4) is 0 Å². The summed E-state index contributed by atoms with van der Waals surface area (Å²) in [6.45, 7) is 4.41. The molecule has 1 aromatic rings. The van der Waals surface area contributed by atoms with Crippen LogP contribution in [-0.4, -0.2) is 22.7 Å². The van der Waals surface area contributed by atoms with Gasteiger partial charge < -0.3 is 5.11 Å². The van der Waals surface area contributed by atoms with Gasteiger partial charge in [-0.3, -0.25) is 0 Å². The summed E-state index contributed by atoms with van der Waals surface area (Å²) < 4.78 is 0. The summed E-state index contributed by atoms with van der Waals surface area (Å²) in [6, 6.07) is 8.52. The number of aliphatic hydroxyl groups is 1. The van der Waals surface area contributed by atoms with Gasteiger partial charge in [0.25, 0.3) is 0 Å². The molecule has 14 heavy (non-hydrogen) atoms. The Bertz CT molecular complexity index is 258. The van der Waals surface area contributed by atoms with E-state index in [-0.39, 0.29) is 11.9 Å². The Kier molecular flexibility index (Phi) is 5.45. The average Bonchev–Trinajstić information content (AvgIpc) is 2.21. The lowest BCUT2D eigenvalue weighted by Crippen LogP contribution is -2.00. The molecule has 1 unspecified atom stereocenters. The molecule has 0 fully saturated rings. The molecular weight excluding hydrogens is 212 g/mol. The highest BCUT2D eigenvalue weighted by molar-refractivity contribution is 8.00. The van der Waals surface area contributed by atoms with Gasteiger partial charge >= 0.3 is 0 Å². The van der Waals surface area contributed by atoms with Crippen LogP contribution in [0.2, 0.25) is 0 Å². The Morgan fingerprint density at radius 2 is 1.79 bits per heavy atom. The first kappa shape index (κ1) is 12.0. The van der Waals surface area contributed by atoms with Crippen LogP contribution < -0.4 is 0 Å². The van der Waals surface area contributed by atoms with Crippen LogP contribution in [-0.2, 0) is 0 Å². The molecule has 3 heteroatoms. The van der Waals surface area contributed by atoms with Crippen molar-refractivity contribution in [3.8, 4) is 0 Å². The normalized spacial score (nSPS) is 12.8. The monoisotopic (exact) mass is 228 g/mol. The van der Waals surface area contributed by atoms with Gasteiger partial charge in [-0.15, -0.1) is 23.5 Å². The van der Waals surface area contributed by atoms with E-state index in [4.69, 9.17) is 5.11 Å². The maximum absolute atomic E-state index is 8.91. The van der Waals surface area contributed by atoms with Gasteiger partial charge in [0.1, 0.15) is 0 Å². The predicted octanol–water partition coefficient (Wildman–Crippen LogP) is 3.27. The summed E-state index contributed by atoms with van der Waals surface area (Å²) >= 11 is 3.56. The van der Waals surface area contributed by atoms with Crippen LogP contribution in [0.1, 0.15) is 13.8 Å². The summed E-state index contributed by atoms with van der Waals surface area (Å²) in [6.07, 6.45) is 0. The maximum Gasteiger partial charge on any atom is 0.0550 e. The molecule has 0 spiro atoms. The van der Waals surface area contributed by atoms with Gasteiger partial charge in [-0.05, 0) is 30.0 Å². The van der Waals surface area contributed by atoms with E-state index >= 15 is 0 Å². The van der Waals surface area contributed by atoms with Crippen LogP contribution in [0.5, 0.6) is 0 Å². The Balaban J connectivity index is 2.54. The van der Waals surface area contributed by atoms with Gasteiger partial charge in [-0.1, -0.05) is 13.8 Å². The zero-order valence-electron chi connectivity index (χ0n) is 8.56. The number of rotatable bonds is 5. The van der Waals surface area contributed by atoms with Gasteiger partial charge in [0.05, 0.1) is 6.61 Å². The molecule has 0 aliphatic rings. The number of thioether (sulfide) groups is 2.